The number of methoxy groups -OCH3 is 3. The molecule has 2 aromatic rings. The zero-order valence-electron chi connectivity index (χ0n) is 21.3. The van der Waals surface area contributed by atoms with E-state index in [9.17, 15) is 0 Å². The van der Waals surface area contributed by atoms with Crippen molar-refractivity contribution >= 4 is 5.96 Å². The molecule has 0 aliphatic heterocycles. The minimum Gasteiger partial charge on any atom is -0.493 e. The van der Waals surface area contributed by atoms with E-state index in [0.29, 0.717) is 25.4 Å². The van der Waals surface area contributed by atoms with Crippen molar-refractivity contribution in [2.45, 2.75) is 44.8 Å². The number of nitrogens with zero attached hydrogens (tertiary/aromatic N) is 3. The van der Waals surface area contributed by atoms with Gasteiger partial charge in [-0.05, 0) is 54.9 Å². The third kappa shape index (κ3) is 9.47. The Kier molecular flexibility index (Phi) is 12.5. The average molecular weight is 483 g/mol. The molecule has 2 rings (SSSR count). The summed E-state index contributed by atoms with van der Waals surface area (Å²) in [4.78, 5) is 5.47. The fourth-order valence-electron chi connectivity index (χ4n) is 3.79. The number of guanidine groups is 1. The first-order valence-electron chi connectivity index (χ1n) is 11.9. The lowest BCUT2D eigenvalue weighted by Gasteiger charge is -2.29. The molecule has 0 heterocycles. The molecule has 0 spiro atoms. The summed E-state index contributed by atoms with van der Waals surface area (Å²) < 4.78 is 22.2. The van der Waals surface area contributed by atoms with Gasteiger partial charge in [0.2, 0.25) is 12.2 Å². The molecule has 2 N–H and O–H groups in total. The molecule has 8 heteroatoms. The summed E-state index contributed by atoms with van der Waals surface area (Å²) in [6, 6.07) is 16.5. The lowest BCUT2D eigenvalue weighted by Crippen LogP contribution is -2.44. The van der Waals surface area contributed by atoms with Gasteiger partial charge in [0.15, 0.2) is 17.8 Å². The monoisotopic (exact) mass is 482 g/mol. The fraction of sp³-hybridized carbons (Fsp3) is 0.481. The third-order valence-corrected chi connectivity index (χ3v) is 5.84. The van der Waals surface area contributed by atoms with Gasteiger partial charge in [0.05, 0.1) is 20.3 Å². The Labute approximate surface area is 209 Å². The quantitative estimate of drug-likeness (QED) is 0.133. The van der Waals surface area contributed by atoms with Crippen LogP contribution in [0.3, 0.4) is 0 Å². The van der Waals surface area contributed by atoms with Crippen LogP contribution in [0.2, 0.25) is 0 Å². The Morgan fingerprint density at radius 2 is 1.74 bits per heavy atom. The summed E-state index contributed by atoms with van der Waals surface area (Å²) in [5.74, 6) is 1.61. The molecule has 1 unspecified atom stereocenters. The Hall–Kier alpha value is -3.28. The van der Waals surface area contributed by atoms with Crippen molar-refractivity contribution < 1.29 is 18.9 Å². The summed E-state index contributed by atoms with van der Waals surface area (Å²) >= 11 is 0. The maximum Gasteiger partial charge on any atom is 0.209 e. The van der Waals surface area contributed by atoms with Crippen molar-refractivity contribution in [2.75, 3.05) is 41.0 Å². The Balaban J connectivity index is 1.97. The normalized spacial score (nSPS) is 12.3. The molecular weight excluding hydrogens is 444 g/mol. The van der Waals surface area contributed by atoms with Gasteiger partial charge in [0.25, 0.3) is 0 Å². The van der Waals surface area contributed by atoms with Crippen molar-refractivity contribution in [3.8, 4) is 17.7 Å². The van der Waals surface area contributed by atoms with Gasteiger partial charge >= 0.3 is 0 Å². The number of benzene rings is 2. The van der Waals surface area contributed by atoms with Gasteiger partial charge in [-0.3, -0.25) is 0 Å². The number of aliphatic imine (C=N–C) groups is 1. The lowest BCUT2D eigenvalue weighted by atomic mass is 10.00. The van der Waals surface area contributed by atoms with Crippen molar-refractivity contribution in [1.82, 2.24) is 4.90 Å². The van der Waals surface area contributed by atoms with Gasteiger partial charge in [0, 0.05) is 20.8 Å². The van der Waals surface area contributed by atoms with Crippen molar-refractivity contribution in [1.29, 1.82) is 5.26 Å². The number of nitriles is 1. The van der Waals surface area contributed by atoms with Gasteiger partial charge in [-0.1, -0.05) is 43.3 Å². The molecule has 0 aliphatic carbocycles. The second-order valence-electron chi connectivity index (χ2n) is 8.33. The van der Waals surface area contributed by atoms with Crippen LogP contribution < -0.4 is 15.2 Å². The van der Waals surface area contributed by atoms with E-state index in [1.807, 2.05) is 24.3 Å². The van der Waals surface area contributed by atoms with Crippen molar-refractivity contribution in [3.05, 3.63) is 59.7 Å². The summed E-state index contributed by atoms with van der Waals surface area (Å²) in [6.45, 7) is 3.57. The lowest BCUT2D eigenvalue weighted by molar-refractivity contribution is -0.109. The molecule has 190 valence electrons. The molecule has 0 radical (unpaired) electrons. The number of nitrogens with two attached hydrogens (primary N) is 1. The van der Waals surface area contributed by atoms with E-state index in [2.05, 4.69) is 36.2 Å². The highest BCUT2D eigenvalue weighted by atomic mass is 16.7. The van der Waals surface area contributed by atoms with Crippen LogP contribution in [0.4, 0.5) is 0 Å². The van der Waals surface area contributed by atoms with Crippen LogP contribution in [0.25, 0.3) is 0 Å². The van der Waals surface area contributed by atoms with Gasteiger partial charge in [-0.15, -0.1) is 4.99 Å². The molecule has 2 aromatic carbocycles. The molecule has 35 heavy (non-hydrogen) atoms. The topological polar surface area (TPSA) is 102 Å². The Bertz CT molecular complexity index is 942. The summed E-state index contributed by atoms with van der Waals surface area (Å²) in [7, 11) is 4.76. The fourth-order valence-corrected chi connectivity index (χ4v) is 3.79. The number of hydrogen-bond donors (Lipinski definition) is 1. The van der Waals surface area contributed by atoms with Crippen LogP contribution in [0.15, 0.2) is 53.5 Å². The summed E-state index contributed by atoms with van der Waals surface area (Å²) in [5, 5.41) is 8.94. The summed E-state index contributed by atoms with van der Waals surface area (Å²) in [6.07, 6.45) is 5.53. The zero-order valence-corrected chi connectivity index (χ0v) is 21.3. The number of unbranched alkanes of at least 4 members (excludes halogenated alkanes) is 2. The number of aryl methyl sites for hydroxylation is 1. The minimum atomic E-state index is -0.494. The minimum absolute atomic E-state index is 0.0657. The van der Waals surface area contributed by atoms with Crippen LogP contribution in [-0.2, 0) is 15.9 Å². The van der Waals surface area contributed by atoms with E-state index in [1.165, 1.54) is 5.56 Å². The van der Waals surface area contributed by atoms with Gasteiger partial charge in [0.1, 0.15) is 0 Å². The maximum absolute atomic E-state index is 8.94. The number of rotatable bonds is 15. The molecule has 0 aromatic heterocycles. The predicted octanol–water partition coefficient (Wildman–Crippen LogP) is 4.31. The highest BCUT2D eigenvalue weighted by molar-refractivity contribution is 5.79. The van der Waals surface area contributed by atoms with Gasteiger partial charge in [-0.2, -0.15) is 5.26 Å². The van der Waals surface area contributed by atoms with Crippen LogP contribution in [0, 0.1) is 11.5 Å². The predicted molar refractivity (Wildman–Crippen MR) is 138 cm³/mol. The van der Waals surface area contributed by atoms with Gasteiger partial charge in [-0.25, -0.2) is 0 Å². The van der Waals surface area contributed by atoms with Crippen molar-refractivity contribution in [2.24, 2.45) is 10.7 Å². The molecule has 0 saturated carbocycles. The second kappa shape index (κ2) is 15.6. The first-order chi connectivity index (χ1) is 17.0. The smallest absolute Gasteiger partial charge is 0.209 e. The summed E-state index contributed by atoms with van der Waals surface area (Å²) in [5.41, 5.74) is 8.46. The molecule has 0 aliphatic rings. The first kappa shape index (κ1) is 28.0. The largest absolute Gasteiger partial charge is 0.493 e. The molecule has 0 fully saturated rings. The van der Waals surface area contributed by atoms with E-state index in [-0.39, 0.29) is 11.9 Å². The third-order valence-electron chi connectivity index (χ3n) is 5.84. The standard InChI is InChI=1S/C27H38N4O4/c1-21(18-31(27(29)30-20-28)19-26(33-3)34-4)23-14-15-24(32-2)25(17-23)35-16-10-6-9-13-22-11-7-5-8-12-22/h5,7-8,11-12,14-15,17,21,26H,6,9-10,13,16,18-19H2,1-4H3,(H2,29,30). The highest BCUT2D eigenvalue weighted by Crippen LogP contribution is 2.31. The zero-order chi connectivity index (χ0) is 25.5. The second-order valence-corrected chi connectivity index (χ2v) is 8.33. The molecule has 0 amide bonds. The Morgan fingerprint density at radius 3 is 2.40 bits per heavy atom. The first-order valence-corrected chi connectivity index (χ1v) is 11.9. The van der Waals surface area contributed by atoms with E-state index in [0.717, 1.165) is 37.0 Å². The highest BCUT2D eigenvalue weighted by Gasteiger charge is 2.20. The molecule has 0 saturated heterocycles. The van der Waals surface area contributed by atoms with E-state index < -0.39 is 6.29 Å². The molecule has 8 nitrogen and oxygen atoms in total. The molecular formula is C27H38N4O4. The SMILES string of the molecule is COc1ccc(C(C)CN(CC(OC)OC)/C(N)=N\C#N)cc1OCCCCCc1ccccc1. The molecule has 0 bridgehead atoms. The van der Waals surface area contributed by atoms with Crippen molar-refractivity contribution in [3.63, 3.8) is 0 Å². The van der Waals surface area contributed by atoms with E-state index in [4.69, 9.17) is 29.9 Å². The number of ether oxygens (including phenoxy) is 4. The Morgan fingerprint density at radius 1 is 1.00 bits per heavy atom. The van der Waals surface area contributed by atoms with Crippen LogP contribution in [0.1, 0.15) is 43.2 Å². The van der Waals surface area contributed by atoms with Gasteiger partial charge < -0.3 is 29.6 Å². The molecule has 1 atom stereocenters. The average Bonchev–Trinajstić information content (AvgIpc) is 2.89. The van der Waals surface area contributed by atoms with Crippen LogP contribution >= 0.6 is 0 Å². The van der Waals surface area contributed by atoms with E-state index in [1.54, 1.807) is 32.4 Å². The van der Waals surface area contributed by atoms with Crippen LogP contribution in [-0.4, -0.2) is 58.2 Å². The van der Waals surface area contributed by atoms with E-state index >= 15 is 0 Å². The maximum atomic E-state index is 8.94. The number of hydrogen-bond acceptors (Lipinski definition) is 6. The van der Waals surface area contributed by atoms with Crippen LogP contribution in [0.5, 0.6) is 11.5 Å².